The van der Waals surface area contributed by atoms with E-state index in [0.29, 0.717) is 5.69 Å². The van der Waals surface area contributed by atoms with Gasteiger partial charge in [0.05, 0.1) is 5.69 Å². The summed E-state index contributed by atoms with van der Waals surface area (Å²) in [7, 11) is -3.70. The van der Waals surface area contributed by atoms with Crippen molar-refractivity contribution in [1.29, 1.82) is 0 Å². The number of benzene rings is 1. The van der Waals surface area contributed by atoms with Crippen molar-refractivity contribution in [3.63, 3.8) is 0 Å². The van der Waals surface area contributed by atoms with Crippen molar-refractivity contribution in [1.82, 2.24) is 4.98 Å². The molecule has 3 aromatic rings. The standard InChI is InChI=1S/C15H11FN2O2S2/c16-12-6-4-11(5-7-12)14-9-13(10-21-14)18-22(19,20)15-3-1-2-8-17-15/h1-10,18H. The molecule has 2 aromatic heterocycles. The van der Waals surface area contributed by atoms with Gasteiger partial charge < -0.3 is 0 Å². The van der Waals surface area contributed by atoms with Gasteiger partial charge in [-0.05, 0) is 35.9 Å². The smallest absolute Gasteiger partial charge is 0.277 e. The van der Waals surface area contributed by atoms with E-state index in [4.69, 9.17) is 0 Å². The molecular formula is C15H11FN2O2S2. The Kier molecular flexibility index (Phi) is 3.91. The number of hydrogen-bond acceptors (Lipinski definition) is 4. The van der Waals surface area contributed by atoms with E-state index in [1.165, 1.54) is 35.7 Å². The molecule has 112 valence electrons. The average molecular weight is 334 g/mol. The van der Waals surface area contributed by atoms with Crippen molar-refractivity contribution < 1.29 is 12.8 Å². The van der Waals surface area contributed by atoms with Gasteiger partial charge in [-0.1, -0.05) is 18.2 Å². The van der Waals surface area contributed by atoms with Crippen LogP contribution >= 0.6 is 11.3 Å². The predicted octanol–water partition coefficient (Wildman–Crippen LogP) is 3.75. The largest absolute Gasteiger partial charge is 0.279 e. The zero-order valence-electron chi connectivity index (χ0n) is 11.2. The number of rotatable bonds is 4. The van der Waals surface area contributed by atoms with Gasteiger partial charge >= 0.3 is 0 Å². The van der Waals surface area contributed by atoms with Gasteiger partial charge in [-0.15, -0.1) is 11.3 Å². The predicted molar refractivity (Wildman–Crippen MR) is 84.8 cm³/mol. The summed E-state index contributed by atoms with van der Waals surface area (Å²) in [6.45, 7) is 0. The highest BCUT2D eigenvalue weighted by atomic mass is 32.2. The molecule has 7 heteroatoms. The number of pyridine rings is 1. The van der Waals surface area contributed by atoms with Crippen molar-refractivity contribution in [2.24, 2.45) is 0 Å². The molecule has 0 aliphatic carbocycles. The number of nitrogens with zero attached hydrogens (tertiary/aromatic N) is 1. The van der Waals surface area contributed by atoms with Gasteiger partial charge in [0.25, 0.3) is 10.0 Å². The van der Waals surface area contributed by atoms with E-state index in [1.807, 2.05) is 0 Å². The molecule has 4 nitrogen and oxygen atoms in total. The summed E-state index contributed by atoms with van der Waals surface area (Å²) >= 11 is 1.37. The minimum atomic E-state index is -3.70. The van der Waals surface area contributed by atoms with Crippen LogP contribution in [0.3, 0.4) is 0 Å². The van der Waals surface area contributed by atoms with Gasteiger partial charge in [0.1, 0.15) is 5.82 Å². The summed E-state index contributed by atoms with van der Waals surface area (Å²) in [6.07, 6.45) is 1.42. The molecule has 0 saturated carbocycles. The van der Waals surface area contributed by atoms with Gasteiger partial charge in [-0.2, -0.15) is 8.42 Å². The lowest BCUT2D eigenvalue weighted by atomic mass is 10.2. The van der Waals surface area contributed by atoms with Crippen LogP contribution in [-0.4, -0.2) is 13.4 Å². The van der Waals surface area contributed by atoms with Crippen molar-refractivity contribution >= 4 is 27.0 Å². The fourth-order valence-corrected chi connectivity index (χ4v) is 3.78. The summed E-state index contributed by atoms with van der Waals surface area (Å²) in [5, 5.41) is 1.66. The third-order valence-electron chi connectivity index (χ3n) is 2.89. The second kappa shape index (κ2) is 5.86. The van der Waals surface area contributed by atoms with Gasteiger partial charge in [0.15, 0.2) is 5.03 Å². The molecular weight excluding hydrogens is 323 g/mol. The minimum Gasteiger partial charge on any atom is -0.277 e. The Hall–Kier alpha value is -2.25. The van der Waals surface area contributed by atoms with E-state index in [1.54, 1.807) is 35.7 Å². The number of halogens is 1. The monoisotopic (exact) mass is 334 g/mol. The normalized spacial score (nSPS) is 11.3. The lowest BCUT2D eigenvalue weighted by Gasteiger charge is -2.04. The molecule has 0 unspecified atom stereocenters. The molecule has 3 rings (SSSR count). The van der Waals surface area contributed by atoms with Crippen LogP contribution < -0.4 is 4.72 Å². The first-order chi connectivity index (χ1) is 10.5. The molecule has 0 aliphatic rings. The van der Waals surface area contributed by atoms with Crippen molar-refractivity contribution in [3.8, 4) is 10.4 Å². The number of aromatic nitrogens is 1. The topological polar surface area (TPSA) is 59.1 Å². The SMILES string of the molecule is O=S(=O)(Nc1csc(-c2ccc(F)cc2)c1)c1ccccn1. The molecule has 22 heavy (non-hydrogen) atoms. The van der Waals surface area contributed by atoms with E-state index < -0.39 is 10.0 Å². The van der Waals surface area contributed by atoms with Gasteiger partial charge in [0, 0.05) is 16.5 Å². The van der Waals surface area contributed by atoms with Crippen LogP contribution in [0.15, 0.2) is 65.1 Å². The first kappa shape index (κ1) is 14.7. The molecule has 0 radical (unpaired) electrons. The van der Waals surface area contributed by atoms with Crippen molar-refractivity contribution in [2.45, 2.75) is 5.03 Å². The molecule has 0 fully saturated rings. The summed E-state index contributed by atoms with van der Waals surface area (Å²) in [4.78, 5) is 4.68. The van der Waals surface area contributed by atoms with Crippen LogP contribution in [0.1, 0.15) is 0 Å². The Morgan fingerprint density at radius 2 is 1.86 bits per heavy atom. The molecule has 0 aliphatic heterocycles. The fraction of sp³-hybridized carbons (Fsp3) is 0. The van der Waals surface area contributed by atoms with E-state index in [0.717, 1.165) is 10.4 Å². The minimum absolute atomic E-state index is 0.0375. The molecule has 0 atom stereocenters. The van der Waals surface area contributed by atoms with Crippen LogP contribution in [0.4, 0.5) is 10.1 Å². The molecule has 1 aromatic carbocycles. The molecule has 1 N–H and O–H groups in total. The Morgan fingerprint density at radius 1 is 1.09 bits per heavy atom. The second-order valence-electron chi connectivity index (χ2n) is 4.48. The third-order valence-corrected chi connectivity index (χ3v) is 5.17. The Bertz CT molecular complexity index is 875. The van der Waals surface area contributed by atoms with Crippen LogP contribution in [0.5, 0.6) is 0 Å². The zero-order chi connectivity index (χ0) is 15.6. The van der Waals surface area contributed by atoms with Gasteiger partial charge in [0.2, 0.25) is 0 Å². The fourth-order valence-electron chi connectivity index (χ4n) is 1.87. The highest BCUT2D eigenvalue weighted by Crippen LogP contribution is 2.30. The number of nitrogens with one attached hydrogen (secondary N) is 1. The van der Waals surface area contributed by atoms with Gasteiger partial charge in [-0.3, -0.25) is 4.72 Å². The van der Waals surface area contributed by atoms with E-state index in [2.05, 4.69) is 9.71 Å². The molecule has 2 heterocycles. The van der Waals surface area contributed by atoms with E-state index in [-0.39, 0.29) is 10.8 Å². The molecule has 0 spiro atoms. The second-order valence-corrected chi connectivity index (χ2v) is 7.02. The number of hydrogen-bond donors (Lipinski definition) is 1. The summed E-state index contributed by atoms with van der Waals surface area (Å²) < 4.78 is 39.8. The Balaban J connectivity index is 1.84. The Morgan fingerprint density at radius 3 is 2.55 bits per heavy atom. The molecule has 0 saturated heterocycles. The first-order valence-electron chi connectivity index (χ1n) is 6.33. The summed E-state index contributed by atoms with van der Waals surface area (Å²) in [6, 6.07) is 12.4. The maximum Gasteiger partial charge on any atom is 0.279 e. The van der Waals surface area contributed by atoms with E-state index in [9.17, 15) is 12.8 Å². The quantitative estimate of drug-likeness (QED) is 0.790. The van der Waals surface area contributed by atoms with Crippen LogP contribution in [0.25, 0.3) is 10.4 Å². The van der Waals surface area contributed by atoms with Crippen molar-refractivity contribution in [2.75, 3.05) is 4.72 Å². The number of thiophene rings is 1. The first-order valence-corrected chi connectivity index (χ1v) is 8.69. The van der Waals surface area contributed by atoms with Crippen LogP contribution in [0.2, 0.25) is 0 Å². The van der Waals surface area contributed by atoms with Crippen molar-refractivity contribution in [3.05, 3.63) is 65.9 Å². The maximum absolute atomic E-state index is 12.9. The van der Waals surface area contributed by atoms with E-state index >= 15 is 0 Å². The lowest BCUT2D eigenvalue weighted by molar-refractivity contribution is 0.597. The highest BCUT2D eigenvalue weighted by Gasteiger charge is 2.16. The van der Waals surface area contributed by atoms with Gasteiger partial charge in [-0.25, -0.2) is 9.37 Å². The molecule has 0 amide bonds. The Labute approximate surface area is 131 Å². The number of sulfonamides is 1. The van der Waals surface area contributed by atoms with Crippen LogP contribution in [-0.2, 0) is 10.0 Å². The lowest BCUT2D eigenvalue weighted by Crippen LogP contribution is -2.13. The highest BCUT2D eigenvalue weighted by molar-refractivity contribution is 7.92. The maximum atomic E-state index is 12.9. The summed E-state index contributed by atoms with van der Waals surface area (Å²) in [5.41, 5.74) is 1.28. The number of anilines is 1. The summed E-state index contributed by atoms with van der Waals surface area (Å²) in [5.74, 6) is -0.309. The zero-order valence-corrected chi connectivity index (χ0v) is 12.9. The van der Waals surface area contributed by atoms with Crippen LogP contribution in [0, 0.1) is 5.82 Å². The average Bonchev–Trinajstić information content (AvgIpc) is 2.97. The molecule has 0 bridgehead atoms. The third kappa shape index (κ3) is 3.15.